The Balaban J connectivity index is 1.88. The molecule has 112 valence electrons. The minimum absolute atomic E-state index is 0.229. The minimum Gasteiger partial charge on any atom is -0.396 e. The molecule has 2 rings (SSSR count). The molecule has 1 heterocycles. The van der Waals surface area contributed by atoms with Crippen molar-refractivity contribution in [3.63, 3.8) is 0 Å². The van der Waals surface area contributed by atoms with Crippen LogP contribution in [0, 0.1) is 0 Å². The smallest absolute Gasteiger partial charge is 0.126 e. The molecule has 1 aromatic heterocycles. The van der Waals surface area contributed by atoms with Gasteiger partial charge in [0.05, 0.1) is 6.61 Å². The molecule has 1 aromatic carbocycles. The molecule has 2 N–H and O–H groups in total. The van der Waals surface area contributed by atoms with Crippen molar-refractivity contribution < 1.29 is 5.11 Å². The highest BCUT2D eigenvalue weighted by atomic mass is 32.2. The first-order chi connectivity index (χ1) is 10.3. The average molecular weight is 320 g/mol. The summed E-state index contributed by atoms with van der Waals surface area (Å²) in [5, 5.41) is 12.2. The van der Waals surface area contributed by atoms with Gasteiger partial charge in [-0.3, -0.25) is 0 Å². The second-order valence-corrected chi connectivity index (χ2v) is 6.51. The zero-order valence-corrected chi connectivity index (χ0v) is 13.7. The zero-order chi connectivity index (χ0) is 14.9. The van der Waals surface area contributed by atoms with Gasteiger partial charge in [0, 0.05) is 29.1 Å². The highest BCUT2D eigenvalue weighted by molar-refractivity contribution is 7.98. The summed E-state index contributed by atoms with van der Waals surface area (Å²) in [6.45, 7) is 1.00. The molecule has 0 amide bonds. The van der Waals surface area contributed by atoms with Gasteiger partial charge >= 0.3 is 0 Å². The third-order valence-electron chi connectivity index (χ3n) is 2.96. The maximum atomic E-state index is 8.80. The summed E-state index contributed by atoms with van der Waals surface area (Å²) in [4.78, 5) is 5.62. The topological polar surface area (TPSA) is 45.1 Å². The molecular formula is C16H20N2OS2. The summed E-state index contributed by atoms with van der Waals surface area (Å²) in [7, 11) is 0. The SMILES string of the molecule is CSc1ccc(CNc2cc(CSCCO)ccn2)cc1. The van der Waals surface area contributed by atoms with Crippen LogP contribution in [0.5, 0.6) is 0 Å². The van der Waals surface area contributed by atoms with Gasteiger partial charge in [-0.25, -0.2) is 4.98 Å². The maximum Gasteiger partial charge on any atom is 0.126 e. The fourth-order valence-corrected chi connectivity index (χ4v) is 2.95. The number of pyridine rings is 1. The first-order valence-electron chi connectivity index (χ1n) is 6.82. The van der Waals surface area contributed by atoms with E-state index in [1.807, 2.05) is 12.3 Å². The molecule has 0 fully saturated rings. The number of nitrogens with zero attached hydrogens (tertiary/aromatic N) is 1. The summed E-state index contributed by atoms with van der Waals surface area (Å²) < 4.78 is 0. The predicted molar refractivity (Wildman–Crippen MR) is 93.0 cm³/mol. The van der Waals surface area contributed by atoms with Crippen LogP contribution in [0.3, 0.4) is 0 Å². The van der Waals surface area contributed by atoms with Crippen LogP contribution in [0.1, 0.15) is 11.1 Å². The Morgan fingerprint density at radius 2 is 1.95 bits per heavy atom. The van der Waals surface area contributed by atoms with E-state index in [0.717, 1.165) is 23.9 Å². The standard InChI is InChI=1S/C16H20N2OS2/c1-20-15-4-2-13(3-5-15)11-18-16-10-14(6-7-17-16)12-21-9-8-19/h2-7,10,19H,8-9,11-12H2,1H3,(H,17,18). The van der Waals surface area contributed by atoms with E-state index in [2.05, 4.69) is 46.9 Å². The van der Waals surface area contributed by atoms with E-state index in [9.17, 15) is 0 Å². The lowest BCUT2D eigenvalue weighted by molar-refractivity contribution is 0.322. The molecule has 0 saturated heterocycles. The molecule has 0 radical (unpaired) electrons. The number of hydrogen-bond donors (Lipinski definition) is 2. The molecule has 0 atom stereocenters. The average Bonchev–Trinajstić information content (AvgIpc) is 2.54. The molecule has 3 nitrogen and oxygen atoms in total. The van der Waals surface area contributed by atoms with Crippen LogP contribution in [0.2, 0.25) is 0 Å². The Labute approximate surface area is 134 Å². The van der Waals surface area contributed by atoms with Crippen molar-refractivity contribution >= 4 is 29.3 Å². The molecule has 0 spiro atoms. The lowest BCUT2D eigenvalue weighted by Gasteiger charge is -2.08. The van der Waals surface area contributed by atoms with Gasteiger partial charge in [-0.1, -0.05) is 12.1 Å². The third kappa shape index (κ3) is 5.61. The van der Waals surface area contributed by atoms with E-state index in [1.54, 1.807) is 23.5 Å². The quantitative estimate of drug-likeness (QED) is 0.574. The summed E-state index contributed by atoms with van der Waals surface area (Å²) in [6.07, 6.45) is 3.91. The summed E-state index contributed by atoms with van der Waals surface area (Å²) in [6, 6.07) is 12.6. The van der Waals surface area contributed by atoms with Crippen molar-refractivity contribution in [1.82, 2.24) is 4.98 Å². The highest BCUT2D eigenvalue weighted by Crippen LogP contribution is 2.17. The van der Waals surface area contributed by atoms with Crippen LogP contribution < -0.4 is 5.32 Å². The Morgan fingerprint density at radius 1 is 1.14 bits per heavy atom. The number of anilines is 1. The third-order valence-corrected chi connectivity index (χ3v) is 4.71. The second-order valence-electron chi connectivity index (χ2n) is 4.53. The minimum atomic E-state index is 0.229. The van der Waals surface area contributed by atoms with Crippen LogP contribution in [0.4, 0.5) is 5.82 Å². The normalized spacial score (nSPS) is 10.6. The molecular weight excluding hydrogens is 300 g/mol. The predicted octanol–water partition coefficient (Wildman–Crippen LogP) is 3.64. The van der Waals surface area contributed by atoms with Crippen molar-refractivity contribution in [2.24, 2.45) is 0 Å². The fourth-order valence-electron chi connectivity index (χ4n) is 1.85. The van der Waals surface area contributed by atoms with E-state index < -0.39 is 0 Å². The van der Waals surface area contributed by atoms with Crippen molar-refractivity contribution in [1.29, 1.82) is 0 Å². The summed E-state index contributed by atoms with van der Waals surface area (Å²) >= 11 is 3.48. The summed E-state index contributed by atoms with van der Waals surface area (Å²) in [5.74, 6) is 2.57. The van der Waals surface area contributed by atoms with Gasteiger partial charge in [-0.05, 0) is 41.6 Å². The van der Waals surface area contributed by atoms with Crippen LogP contribution in [0.15, 0.2) is 47.5 Å². The van der Waals surface area contributed by atoms with Crippen molar-refractivity contribution in [2.75, 3.05) is 23.9 Å². The van der Waals surface area contributed by atoms with Gasteiger partial charge in [-0.15, -0.1) is 11.8 Å². The van der Waals surface area contributed by atoms with Crippen LogP contribution in [0.25, 0.3) is 0 Å². The number of hydrogen-bond acceptors (Lipinski definition) is 5. The molecule has 0 aliphatic carbocycles. The number of aromatic nitrogens is 1. The van der Waals surface area contributed by atoms with Gasteiger partial charge in [0.1, 0.15) is 5.82 Å². The van der Waals surface area contributed by atoms with Gasteiger partial charge in [0.2, 0.25) is 0 Å². The summed E-state index contributed by atoms with van der Waals surface area (Å²) in [5.41, 5.74) is 2.47. The van der Waals surface area contributed by atoms with Gasteiger partial charge in [0.25, 0.3) is 0 Å². The first kappa shape index (κ1) is 16.2. The van der Waals surface area contributed by atoms with E-state index in [0.29, 0.717) is 0 Å². The number of thioether (sulfide) groups is 2. The monoisotopic (exact) mass is 320 g/mol. The van der Waals surface area contributed by atoms with Gasteiger partial charge in [0.15, 0.2) is 0 Å². The zero-order valence-electron chi connectivity index (χ0n) is 12.1. The Morgan fingerprint density at radius 3 is 2.67 bits per heavy atom. The largest absolute Gasteiger partial charge is 0.396 e. The van der Waals surface area contributed by atoms with Crippen LogP contribution in [-0.2, 0) is 12.3 Å². The molecule has 2 aromatic rings. The van der Waals surface area contributed by atoms with Crippen molar-refractivity contribution in [3.05, 3.63) is 53.7 Å². The van der Waals surface area contributed by atoms with Crippen molar-refractivity contribution in [3.8, 4) is 0 Å². The van der Waals surface area contributed by atoms with E-state index in [1.165, 1.54) is 16.0 Å². The number of rotatable bonds is 8. The number of aliphatic hydroxyl groups is 1. The molecule has 21 heavy (non-hydrogen) atoms. The lowest BCUT2D eigenvalue weighted by atomic mass is 10.2. The van der Waals surface area contributed by atoms with E-state index >= 15 is 0 Å². The molecule has 5 heteroatoms. The Kier molecular flexibility index (Phi) is 6.92. The number of aliphatic hydroxyl groups excluding tert-OH is 1. The van der Waals surface area contributed by atoms with Crippen LogP contribution in [-0.4, -0.2) is 28.7 Å². The Bertz CT molecular complexity index is 546. The van der Waals surface area contributed by atoms with E-state index in [-0.39, 0.29) is 6.61 Å². The maximum absolute atomic E-state index is 8.80. The molecule has 0 aliphatic heterocycles. The van der Waals surface area contributed by atoms with Gasteiger partial charge < -0.3 is 10.4 Å². The molecule has 0 aliphatic rings. The van der Waals surface area contributed by atoms with Crippen molar-refractivity contribution in [2.45, 2.75) is 17.2 Å². The molecule has 0 saturated carbocycles. The Hall–Kier alpha value is -1.17. The highest BCUT2D eigenvalue weighted by Gasteiger charge is 1.99. The van der Waals surface area contributed by atoms with Crippen LogP contribution >= 0.6 is 23.5 Å². The van der Waals surface area contributed by atoms with E-state index in [4.69, 9.17) is 5.11 Å². The van der Waals surface area contributed by atoms with Gasteiger partial charge in [-0.2, -0.15) is 11.8 Å². The number of benzene rings is 1. The lowest BCUT2D eigenvalue weighted by Crippen LogP contribution is -2.01. The first-order valence-corrected chi connectivity index (χ1v) is 9.20. The number of nitrogens with one attached hydrogen (secondary N) is 1. The molecule has 0 unspecified atom stereocenters. The fraction of sp³-hybridized carbons (Fsp3) is 0.312. The second kappa shape index (κ2) is 8.97. The molecule has 0 bridgehead atoms.